The standard InChI is InChI=1S/C26H34Cl2N4O4/c27-17-3-5-19-21(15-17)25(35)31(23(19)33)9-1-7-29-11-13-30(14-12-29)8-2-10-32-24(34)20-6-4-18(28)16-22(20)26(32)36/h3-4,19-22H,1-2,5-16H2/t19-,20-,21-,22-/m0/s1. The Bertz CT molecular complexity index is 912. The fourth-order valence-electron chi connectivity index (χ4n) is 6.37. The number of piperazine rings is 1. The highest BCUT2D eigenvalue weighted by atomic mass is 35.5. The predicted molar refractivity (Wildman–Crippen MR) is 136 cm³/mol. The van der Waals surface area contributed by atoms with Gasteiger partial charge >= 0.3 is 0 Å². The van der Waals surface area contributed by atoms with Crippen LogP contribution in [0.3, 0.4) is 0 Å². The molecule has 4 atom stereocenters. The van der Waals surface area contributed by atoms with Crippen molar-refractivity contribution in [3.8, 4) is 0 Å². The molecular formula is C26H34Cl2N4O4. The van der Waals surface area contributed by atoms with Crippen molar-refractivity contribution in [2.45, 2.75) is 38.5 Å². The van der Waals surface area contributed by atoms with Crippen molar-refractivity contribution >= 4 is 46.8 Å². The molecule has 3 saturated heterocycles. The SMILES string of the molecule is O=C1[C@H]2CC=C(Cl)C[C@@H]2C(=O)N1CCCN1CCN(CCCN2C(=O)[C@H]3CC=C(Cl)C[C@@H]3C2=O)CC1. The summed E-state index contributed by atoms with van der Waals surface area (Å²) in [5, 5.41) is 1.38. The fraction of sp³-hybridized carbons (Fsp3) is 0.692. The molecule has 2 aliphatic carbocycles. The minimum absolute atomic E-state index is 0.0381. The van der Waals surface area contributed by atoms with E-state index in [2.05, 4.69) is 9.80 Å². The lowest BCUT2D eigenvalue weighted by atomic mass is 9.85. The molecule has 3 aliphatic heterocycles. The van der Waals surface area contributed by atoms with Gasteiger partial charge in [-0.25, -0.2) is 0 Å². The highest BCUT2D eigenvalue weighted by molar-refractivity contribution is 6.30. The molecule has 0 N–H and O–H groups in total. The molecule has 3 fully saturated rings. The molecule has 10 heteroatoms. The topological polar surface area (TPSA) is 81.2 Å². The van der Waals surface area contributed by atoms with E-state index in [0.29, 0.717) is 48.8 Å². The summed E-state index contributed by atoms with van der Waals surface area (Å²) >= 11 is 12.2. The van der Waals surface area contributed by atoms with Crippen LogP contribution in [-0.2, 0) is 19.2 Å². The molecule has 3 heterocycles. The van der Waals surface area contributed by atoms with E-state index in [9.17, 15) is 19.2 Å². The number of halogens is 2. The van der Waals surface area contributed by atoms with Gasteiger partial charge in [-0.15, -0.1) is 0 Å². The van der Waals surface area contributed by atoms with Gasteiger partial charge in [-0.1, -0.05) is 35.4 Å². The first-order valence-corrected chi connectivity index (χ1v) is 13.9. The number of carbonyl (C=O) groups is 4. The second kappa shape index (κ2) is 10.9. The van der Waals surface area contributed by atoms with Crippen LogP contribution in [0.25, 0.3) is 0 Å². The summed E-state index contributed by atoms with van der Waals surface area (Å²) in [5.41, 5.74) is 0. The Morgan fingerprint density at radius 2 is 0.944 bits per heavy atom. The van der Waals surface area contributed by atoms with Crippen molar-refractivity contribution in [1.82, 2.24) is 19.6 Å². The predicted octanol–water partition coefficient (Wildman–Crippen LogP) is 2.42. The number of allylic oxidation sites excluding steroid dienone is 4. The van der Waals surface area contributed by atoms with Crippen LogP contribution in [0.5, 0.6) is 0 Å². The van der Waals surface area contributed by atoms with Crippen molar-refractivity contribution in [3.63, 3.8) is 0 Å². The van der Waals surface area contributed by atoms with Gasteiger partial charge in [0.05, 0.1) is 23.7 Å². The van der Waals surface area contributed by atoms with Crippen LogP contribution in [0.4, 0.5) is 0 Å². The maximum Gasteiger partial charge on any atom is 0.233 e. The monoisotopic (exact) mass is 536 g/mol. The van der Waals surface area contributed by atoms with Gasteiger partial charge in [0.1, 0.15) is 0 Å². The number of fused-ring (bicyclic) bond motifs is 2. The first kappa shape index (κ1) is 25.9. The number of hydrogen-bond donors (Lipinski definition) is 0. The van der Waals surface area contributed by atoms with Gasteiger partial charge in [0.15, 0.2) is 0 Å². The molecule has 5 aliphatic rings. The minimum atomic E-state index is -0.275. The summed E-state index contributed by atoms with van der Waals surface area (Å²) in [6.07, 6.45) is 7.41. The van der Waals surface area contributed by atoms with Crippen LogP contribution in [0, 0.1) is 23.7 Å². The summed E-state index contributed by atoms with van der Waals surface area (Å²) in [6.45, 7) is 6.40. The zero-order valence-corrected chi connectivity index (χ0v) is 22.1. The van der Waals surface area contributed by atoms with Crippen molar-refractivity contribution in [2.75, 3.05) is 52.4 Å². The lowest BCUT2D eigenvalue weighted by molar-refractivity contribution is -0.141. The molecule has 36 heavy (non-hydrogen) atoms. The molecule has 4 amide bonds. The number of rotatable bonds is 8. The maximum absolute atomic E-state index is 12.7. The number of carbonyl (C=O) groups excluding carboxylic acids is 4. The Kier molecular flexibility index (Phi) is 7.86. The molecule has 0 aromatic heterocycles. The van der Waals surface area contributed by atoms with Gasteiger partial charge < -0.3 is 9.80 Å². The van der Waals surface area contributed by atoms with E-state index in [1.807, 2.05) is 12.2 Å². The van der Waals surface area contributed by atoms with Crippen LogP contribution in [0.1, 0.15) is 38.5 Å². The fourth-order valence-corrected chi connectivity index (χ4v) is 6.88. The normalized spacial score (nSPS) is 31.6. The number of likely N-dealkylation sites (tertiary alicyclic amines) is 2. The number of amides is 4. The Morgan fingerprint density at radius 3 is 1.33 bits per heavy atom. The summed E-state index contributed by atoms with van der Waals surface area (Å²) < 4.78 is 0. The van der Waals surface area contributed by atoms with E-state index in [0.717, 1.165) is 52.1 Å². The minimum Gasteiger partial charge on any atom is -0.301 e. The molecule has 196 valence electrons. The van der Waals surface area contributed by atoms with Crippen molar-refractivity contribution in [3.05, 3.63) is 22.2 Å². The molecular weight excluding hydrogens is 503 g/mol. The molecule has 0 aromatic rings. The van der Waals surface area contributed by atoms with Crippen LogP contribution < -0.4 is 0 Å². The molecule has 0 saturated carbocycles. The van der Waals surface area contributed by atoms with Gasteiger partial charge in [0, 0.05) is 49.3 Å². The van der Waals surface area contributed by atoms with Gasteiger partial charge in [-0.2, -0.15) is 0 Å². The number of hydrogen-bond acceptors (Lipinski definition) is 6. The van der Waals surface area contributed by atoms with E-state index in [1.165, 1.54) is 9.80 Å². The second-order valence-corrected chi connectivity index (χ2v) is 11.6. The molecule has 0 unspecified atom stereocenters. The van der Waals surface area contributed by atoms with Gasteiger partial charge in [0.2, 0.25) is 23.6 Å². The Balaban J connectivity index is 0.987. The molecule has 5 rings (SSSR count). The van der Waals surface area contributed by atoms with E-state index in [-0.39, 0.29) is 47.3 Å². The third kappa shape index (κ3) is 5.15. The lowest BCUT2D eigenvalue weighted by Gasteiger charge is -2.35. The summed E-state index contributed by atoms with van der Waals surface area (Å²) in [5.74, 6) is -1.20. The highest BCUT2D eigenvalue weighted by Crippen LogP contribution is 2.40. The van der Waals surface area contributed by atoms with Crippen molar-refractivity contribution in [1.29, 1.82) is 0 Å². The van der Waals surface area contributed by atoms with Crippen molar-refractivity contribution < 1.29 is 19.2 Å². The average Bonchev–Trinajstić information content (AvgIpc) is 3.24. The first-order valence-electron chi connectivity index (χ1n) is 13.2. The molecule has 8 nitrogen and oxygen atoms in total. The van der Waals surface area contributed by atoms with Crippen LogP contribution in [0.15, 0.2) is 22.2 Å². The largest absolute Gasteiger partial charge is 0.301 e. The summed E-state index contributed by atoms with van der Waals surface area (Å²) in [6, 6.07) is 0. The average molecular weight is 537 g/mol. The number of nitrogens with zero attached hydrogens (tertiary/aromatic N) is 4. The zero-order chi connectivity index (χ0) is 25.4. The Labute approximate surface area is 222 Å². The smallest absolute Gasteiger partial charge is 0.233 e. The zero-order valence-electron chi connectivity index (χ0n) is 20.5. The molecule has 0 radical (unpaired) electrons. The molecule has 0 spiro atoms. The number of imide groups is 2. The highest BCUT2D eigenvalue weighted by Gasteiger charge is 2.49. The quantitative estimate of drug-likeness (QED) is 0.443. The van der Waals surface area contributed by atoms with Crippen LogP contribution >= 0.6 is 23.2 Å². The first-order chi connectivity index (χ1) is 17.3. The Morgan fingerprint density at radius 1 is 0.583 bits per heavy atom. The Hall–Kier alpha value is -1.74. The second-order valence-electron chi connectivity index (χ2n) is 10.7. The van der Waals surface area contributed by atoms with Crippen LogP contribution in [-0.4, -0.2) is 95.6 Å². The van der Waals surface area contributed by atoms with Crippen molar-refractivity contribution in [2.24, 2.45) is 23.7 Å². The third-order valence-corrected chi connectivity index (χ3v) is 9.11. The van der Waals surface area contributed by atoms with Crippen LogP contribution in [0.2, 0.25) is 0 Å². The van der Waals surface area contributed by atoms with E-state index in [4.69, 9.17) is 23.2 Å². The summed E-state index contributed by atoms with van der Waals surface area (Å²) in [4.78, 5) is 58.4. The van der Waals surface area contributed by atoms with E-state index < -0.39 is 0 Å². The van der Waals surface area contributed by atoms with Gasteiger partial charge in [0.25, 0.3) is 0 Å². The third-order valence-electron chi connectivity index (χ3n) is 8.50. The maximum atomic E-state index is 12.7. The van der Waals surface area contributed by atoms with E-state index >= 15 is 0 Å². The molecule has 0 aromatic carbocycles. The molecule has 0 bridgehead atoms. The van der Waals surface area contributed by atoms with E-state index in [1.54, 1.807) is 0 Å². The van der Waals surface area contributed by atoms with Gasteiger partial charge in [-0.3, -0.25) is 29.0 Å². The van der Waals surface area contributed by atoms with Gasteiger partial charge in [-0.05, 0) is 51.6 Å². The summed E-state index contributed by atoms with van der Waals surface area (Å²) in [7, 11) is 0. The lowest BCUT2D eigenvalue weighted by Crippen LogP contribution is -2.47.